The maximum absolute atomic E-state index is 12.7. The Morgan fingerprint density at radius 1 is 1.09 bits per heavy atom. The average molecular weight is 413 g/mol. The molecule has 2 aromatic rings. The summed E-state index contributed by atoms with van der Waals surface area (Å²) in [6.07, 6.45) is 0. The SMILES string of the molecule is O=C(COC(=O)c1ccccc1I)NCc1ccc(F)cc1. The van der Waals surface area contributed by atoms with E-state index in [1.807, 2.05) is 28.7 Å². The zero-order valence-corrected chi connectivity index (χ0v) is 13.7. The van der Waals surface area contributed by atoms with Crippen LogP contribution in [0.1, 0.15) is 15.9 Å². The van der Waals surface area contributed by atoms with Crippen molar-refractivity contribution in [3.05, 3.63) is 69.0 Å². The predicted octanol–water partition coefficient (Wildman–Crippen LogP) is 2.90. The summed E-state index contributed by atoms with van der Waals surface area (Å²) in [5.74, 6) is -1.29. The van der Waals surface area contributed by atoms with E-state index in [-0.39, 0.29) is 19.0 Å². The van der Waals surface area contributed by atoms with E-state index in [1.54, 1.807) is 30.3 Å². The molecular formula is C16H13FINO3. The minimum absolute atomic E-state index is 0.250. The molecule has 4 nitrogen and oxygen atoms in total. The molecule has 0 fully saturated rings. The van der Waals surface area contributed by atoms with Crippen LogP contribution < -0.4 is 5.32 Å². The highest BCUT2D eigenvalue weighted by molar-refractivity contribution is 14.1. The number of nitrogens with one attached hydrogen (secondary N) is 1. The standard InChI is InChI=1S/C16H13FINO3/c17-12-7-5-11(6-8-12)9-19-15(20)10-22-16(21)13-3-1-2-4-14(13)18/h1-8H,9-10H2,(H,19,20). The summed E-state index contributed by atoms with van der Waals surface area (Å²) in [6, 6.07) is 12.8. The molecule has 0 saturated heterocycles. The molecule has 0 spiro atoms. The lowest BCUT2D eigenvalue weighted by Gasteiger charge is -2.07. The number of hydrogen-bond donors (Lipinski definition) is 1. The maximum atomic E-state index is 12.7. The lowest BCUT2D eigenvalue weighted by atomic mass is 10.2. The number of carbonyl (C=O) groups is 2. The van der Waals surface area contributed by atoms with Crippen molar-refractivity contribution in [1.82, 2.24) is 5.32 Å². The van der Waals surface area contributed by atoms with Crippen molar-refractivity contribution < 1.29 is 18.7 Å². The first-order valence-corrected chi connectivity index (χ1v) is 7.57. The molecule has 0 aliphatic heterocycles. The van der Waals surface area contributed by atoms with Gasteiger partial charge < -0.3 is 10.1 Å². The Kier molecular flexibility index (Phi) is 5.88. The van der Waals surface area contributed by atoms with E-state index >= 15 is 0 Å². The second kappa shape index (κ2) is 7.88. The number of rotatable bonds is 5. The van der Waals surface area contributed by atoms with Crippen molar-refractivity contribution in [2.24, 2.45) is 0 Å². The molecule has 0 heterocycles. The molecule has 0 aromatic heterocycles. The number of hydrogen-bond acceptors (Lipinski definition) is 3. The summed E-state index contributed by atoms with van der Waals surface area (Å²) in [4.78, 5) is 23.5. The Morgan fingerprint density at radius 3 is 2.45 bits per heavy atom. The number of carbonyl (C=O) groups excluding carboxylic acids is 2. The van der Waals surface area contributed by atoms with E-state index in [2.05, 4.69) is 5.32 Å². The van der Waals surface area contributed by atoms with Crippen LogP contribution in [-0.4, -0.2) is 18.5 Å². The third-order valence-corrected chi connectivity index (χ3v) is 3.77. The van der Waals surface area contributed by atoms with Gasteiger partial charge in [0.1, 0.15) is 5.82 Å². The fourth-order valence-electron chi connectivity index (χ4n) is 1.69. The van der Waals surface area contributed by atoms with Gasteiger partial charge in [0.2, 0.25) is 0 Å². The van der Waals surface area contributed by atoms with Gasteiger partial charge in [0.05, 0.1) is 5.56 Å². The lowest BCUT2D eigenvalue weighted by Crippen LogP contribution is -2.28. The number of ether oxygens (including phenoxy) is 1. The quantitative estimate of drug-likeness (QED) is 0.606. The number of benzene rings is 2. The van der Waals surface area contributed by atoms with E-state index in [0.29, 0.717) is 5.56 Å². The molecule has 0 aliphatic carbocycles. The van der Waals surface area contributed by atoms with Crippen LogP contribution in [0.15, 0.2) is 48.5 Å². The van der Waals surface area contributed by atoms with Crippen LogP contribution >= 0.6 is 22.6 Å². The van der Waals surface area contributed by atoms with Crippen molar-refractivity contribution in [2.75, 3.05) is 6.61 Å². The average Bonchev–Trinajstić information content (AvgIpc) is 2.52. The zero-order valence-electron chi connectivity index (χ0n) is 11.5. The molecule has 1 N–H and O–H groups in total. The van der Waals surface area contributed by atoms with Crippen molar-refractivity contribution in [3.63, 3.8) is 0 Å². The van der Waals surface area contributed by atoms with Gasteiger partial charge in [-0.25, -0.2) is 9.18 Å². The number of esters is 1. The Labute approximate surface area is 140 Å². The predicted molar refractivity (Wildman–Crippen MR) is 87.7 cm³/mol. The minimum Gasteiger partial charge on any atom is -0.452 e. The molecule has 2 rings (SSSR count). The van der Waals surface area contributed by atoms with Crippen LogP contribution in [0.25, 0.3) is 0 Å². The van der Waals surface area contributed by atoms with Gasteiger partial charge in [0.25, 0.3) is 5.91 Å². The third-order valence-electron chi connectivity index (χ3n) is 2.83. The molecule has 0 saturated carbocycles. The Hall–Kier alpha value is -1.96. The summed E-state index contributed by atoms with van der Waals surface area (Å²) in [7, 11) is 0. The summed E-state index contributed by atoms with van der Waals surface area (Å²) in [5, 5.41) is 2.60. The maximum Gasteiger partial charge on any atom is 0.339 e. The summed E-state index contributed by atoms with van der Waals surface area (Å²) >= 11 is 2.03. The second-order valence-electron chi connectivity index (χ2n) is 4.46. The van der Waals surface area contributed by atoms with Crippen molar-refractivity contribution in [3.8, 4) is 0 Å². The molecule has 0 aliphatic rings. The molecule has 0 atom stereocenters. The van der Waals surface area contributed by atoms with Crippen molar-refractivity contribution in [1.29, 1.82) is 0 Å². The van der Waals surface area contributed by atoms with E-state index < -0.39 is 11.9 Å². The first-order chi connectivity index (χ1) is 10.6. The van der Waals surface area contributed by atoms with Gasteiger partial charge in [-0.1, -0.05) is 24.3 Å². The van der Waals surface area contributed by atoms with Crippen LogP contribution in [0.5, 0.6) is 0 Å². The molecule has 0 bridgehead atoms. The van der Waals surface area contributed by atoms with E-state index in [1.165, 1.54) is 12.1 Å². The van der Waals surface area contributed by atoms with Crippen LogP contribution in [0, 0.1) is 9.39 Å². The lowest BCUT2D eigenvalue weighted by molar-refractivity contribution is -0.124. The minimum atomic E-state index is -0.540. The number of halogens is 2. The molecule has 0 unspecified atom stereocenters. The molecule has 6 heteroatoms. The second-order valence-corrected chi connectivity index (χ2v) is 5.62. The molecule has 1 amide bonds. The van der Waals surface area contributed by atoms with E-state index in [4.69, 9.17) is 4.74 Å². The Morgan fingerprint density at radius 2 is 1.77 bits per heavy atom. The normalized spacial score (nSPS) is 10.1. The van der Waals surface area contributed by atoms with Gasteiger partial charge in [-0.05, 0) is 52.4 Å². The van der Waals surface area contributed by atoms with Crippen molar-refractivity contribution in [2.45, 2.75) is 6.54 Å². The topological polar surface area (TPSA) is 55.4 Å². The smallest absolute Gasteiger partial charge is 0.339 e. The van der Waals surface area contributed by atoms with Crippen molar-refractivity contribution >= 4 is 34.5 Å². The fraction of sp³-hybridized carbons (Fsp3) is 0.125. The Balaban J connectivity index is 1.79. The number of amides is 1. The first-order valence-electron chi connectivity index (χ1n) is 6.49. The monoisotopic (exact) mass is 413 g/mol. The van der Waals surface area contributed by atoms with Crippen LogP contribution in [0.3, 0.4) is 0 Å². The summed E-state index contributed by atoms with van der Waals surface area (Å²) in [5.41, 5.74) is 1.19. The van der Waals surface area contributed by atoms with Crippen LogP contribution in [-0.2, 0) is 16.1 Å². The van der Waals surface area contributed by atoms with Crippen LogP contribution in [0.2, 0.25) is 0 Å². The molecule has 2 aromatic carbocycles. The molecular weight excluding hydrogens is 400 g/mol. The van der Waals surface area contributed by atoms with Gasteiger partial charge in [0.15, 0.2) is 6.61 Å². The van der Waals surface area contributed by atoms with Gasteiger partial charge >= 0.3 is 5.97 Å². The van der Waals surface area contributed by atoms with Gasteiger partial charge in [0, 0.05) is 10.1 Å². The van der Waals surface area contributed by atoms with Gasteiger partial charge in [-0.2, -0.15) is 0 Å². The van der Waals surface area contributed by atoms with E-state index in [9.17, 15) is 14.0 Å². The molecule has 114 valence electrons. The van der Waals surface area contributed by atoms with Crippen LogP contribution in [0.4, 0.5) is 4.39 Å². The highest BCUT2D eigenvalue weighted by atomic mass is 127. The van der Waals surface area contributed by atoms with Gasteiger partial charge in [-0.3, -0.25) is 4.79 Å². The largest absolute Gasteiger partial charge is 0.452 e. The fourth-order valence-corrected chi connectivity index (χ4v) is 2.30. The Bertz CT molecular complexity index is 673. The zero-order chi connectivity index (χ0) is 15.9. The third kappa shape index (κ3) is 4.80. The highest BCUT2D eigenvalue weighted by Crippen LogP contribution is 2.12. The molecule has 0 radical (unpaired) electrons. The summed E-state index contributed by atoms with van der Waals surface area (Å²) < 4.78 is 18.5. The van der Waals surface area contributed by atoms with Gasteiger partial charge in [-0.15, -0.1) is 0 Å². The first kappa shape index (κ1) is 16.4. The molecule has 22 heavy (non-hydrogen) atoms. The van der Waals surface area contributed by atoms with E-state index in [0.717, 1.165) is 9.13 Å². The highest BCUT2D eigenvalue weighted by Gasteiger charge is 2.12. The summed E-state index contributed by atoms with van der Waals surface area (Å²) in [6.45, 7) is -0.107.